The third kappa shape index (κ3) is 3.74. The van der Waals surface area contributed by atoms with Crippen molar-refractivity contribution >= 4 is 28.5 Å². The van der Waals surface area contributed by atoms with Gasteiger partial charge < -0.3 is 19.5 Å². The zero-order chi connectivity index (χ0) is 22.3. The summed E-state index contributed by atoms with van der Waals surface area (Å²) in [7, 11) is 0. The number of aromatic carboxylic acids is 1. The molecule has 0 aliphatic carbocycles. The van der Waals surface area contributed by atoms with Crippen LogP contribution in [0.5, 0.6) is 0 Å². The lowest BCUT2D eigenvalue weighted by molar-refractivity contribution is -0.129. The second-order valence-corrected chi connectivity index (χ2v) is 7.34. The molecular formula is C22H19F2N3O4. The lowest BCUT2D eigenvalue weighted by atomic mass is 10.1. The average Bonchev–Trinajstić information content (AvgIpc) is 2.74. The second-order valence-electron chi connectivity index (χ2n) is 7.34. The summed E-state index contributed by atoms with van der Waals surface area (Å²) in [6, 6.07) is 7.84. The number of carbonyl (C=O) groups excluding carboxylic acids is 1. The predicted octanol–water partition coefficient (Wildman–Crippen LogP) is 2.64. The minimum Gasteiger partial charge on any atom is -0.477 e. The topological polar surface area (TPSA) is 82.8 Å². The van der Waals surface area contributed by atoms with Crippen molar-refractivity contribution in [2.45, 2.75) is 6.92 Å². The van der Waals surface area contributed by atoms with Crippen LogP contribution in [-0.4, -0.2) is 52.6 Å². The normalized spacial score (nSPS) is 14.2. The molecule has 7 nitrogen and oxygen atoms in total. The van der Waals surface area contributed by atoms with Crippen LogP contribution in [0.25, 0.3) is 16.6 Å². The number of anilines is 1. The molecule has 160 valence electrons. The van der Waals surface area contributed by atoms with Crippen molar-refractivity contribution in [2.75, 3.05) is 31.1 Å². The van der Waals surface area contributed by atoms with Crippen LogP contribution in [0.15, 0.2) is 47.4 Å². The maximum Gasteiger partial charge on any atom is 0.341 e. The van der Waals surface area contributed by atoms with Crippen LogP contribution in [0.3, 0.4) is 0 Å². The fourth-order valence-electron chi connectivity index (χ4n) is 3.81. The van der Waals surface area contributed by atoms with E-state index in [0.717, 1.165) is 12.3 Å². The van der Waals surface area contributed by atoms with Crippen molar-refractivity contribution in [3.05, 3.63) is 70.0 Å². The molecule has 0 bridgehead atoms. The minimum atomic E-state index is -1.44. The summed E-state index contributed by atoms with van der Waals surface area (Å²) in [6.45, 7) is 3.19. The maximum absolute atomic E-state index is 15.0. The first kappa shape index (κ1) is 20.5. The van der Waals surface area contributed by atoms with Gasteiger partial charge in [-0.05, 0) is 36.4 Å². The molecule has 9 heteroatoms. The molecule has 0 spiro atoms. The van der Waals surface area contributed by atoms with Gasteiger partial charge in [0.15, 0.2) is 0 Å². The molecule has 0 unspecified atom stereocenters. The Kier molecular flexibility index (Phi) is 5.18. The molecule has 1 amide bonds. The number of fused-ring (bicyclic) bond motifs is 1. The van der Waals surface area contributed by atoms with E-state index in [2.05, 4.69) is 0 Å². The molecule has 1 fully saturated rings. The molecule has 0 atom stereocenters. The molecule has 1 saturated heterocycles. The van der Waals surface area contributed by atoms with Crippen molar-refractivity contribution in [3.63, 3.8) is 0 Å². The van der Waals surface area contributed by atoms with E-state index < -0.39 is 28.6 Å². The van der Waals surface area contributed by atoms with E-state index in [-0.39, 0.29) is 17.0 Å². The van der Waals surface area contributed by atoms with E-state index in [0.29, 0.717) is 37.4 Å². The number of carboxylic acid groups (broad SMARTS) is 1. The number of rotatable bonds is 3. The largest absolute Gasteiger partial charge is 0.477 e. The van der Waals surface area contributed by atoms with Gasteiger partial charge in [-0.25, -0.2) is 13.6 Å². The Hall–Kier alpha value is -3.75. The smallest absolute Gasteiger partial charge is 0.341 e. The third-order valence-electron chi connectivity index (χ3n) is 5.47. The molecule has 4 rings (SSSR count). The number of benzene rings is 2. The highest BCUT2D eigenvalue weighted by Crippen LogP contribution is 2.28. The fraction of sp³-hybridized carbons (Fsp3) is 0.227. The Morgan fingerprint density at radius 3 is 2.23 bits per heavy atom. The molecule has 2 heterocycles. The van der Waals surface area contributed by atoms with Crippen molar-refractivity contribution in [2.24, 2.45) is 0 Å². The Balaban J connectivity index is 1.89. The van der Waals surface area contributed by atoms with Gasteiger partial charge in [-0.3, -0.25) is 9.59 Å². The van der Waals surface area contributed by atoms with Crippen LogP contribution in [-0.2, 0) is 4.79 Å². The first-order valence-corrected chi connectivity index (χ1v) is 9.65. The van der Waals surface area contributed by atoms with Crippen molar-refractivity contribution in [1.29, 1.82) is 0 Å². The molecule has 31 heavy (non-hydrogen) atoms. The van der Waals surface area contributed by atoms with Gasteiger partial charge in [0.2, 0.25) is 11.3 Å². The quantitative estimate of drug-likeness (QED) is 0.695. The maximum atomic E-state index is 15.0. The highest BCUT2D eigenvalue weighted by molar-refractivity contribution is 5.94. The molecule has 1 aliphatic rings. The molecule has 1 aromatic heterocycles. The summed E-state index contributed by atoms with van der Waals surface area (Å²) in [5.41, 5.74) is -0.347. The standard InChI is InChI=1S/C22H19F2N3O4/c1-13(28)25-6-8-26(9-7-25)20-11-19-16(10-18(20)24)21(29)17(22(30)31)12-27(19)15-4-2-14(23)3-5-15/h2-5,10-12H,6-9H2,1H3,(H,30,31). The number of carbonyl (C=O) groups is 2. The van der Waals surface area contributed by atoms with Gasteiger partial charge in [0.1, 0.15) is 17.2 Å². The number of amides is 1. The summed E-state index contributed by atoms with van der Waals surface area (Å²) in [5.74, 6) is -2.62. The molecule has 1 aliphatic heterocycles. The van der Waals surface area contributed by atoms with Gasteiger partial charge in [0.05, 0.1) is 11.2 Å². The average molecular weight is 427 g/mol. The van der Waals surface area contributed by atoms with Crippen molar-refractivity contribution in [1.82, 2.24) is 9.47 Å². The van der Waals surface area contributed by atoms with Crippen LogP contribution in [0.4, 0.5) is 14.5 Å². The van der Waals surface area contributed by atoms with Crippen LogP contribution < -0.4 is 10.3 Å². The summed E-state index contributed by atoms with van der Waals surface area (Å²) in [6.07, 6.45) is 1.16. The van der Waals surface area contributed by atoms with E-state index in [4.69, 9.17) is 0 Å². The number of hydrogen-bond donors (Lipinski definition) is 1. The molecule has 3 aromatic rings. The van der Waals surface area contributed by atoms with Gasteiger partial charge in [0, 0.05) is 50.4 Å². The van der Waals surface area contributed by atoms with E-state index >= 15 is 0 Å². The van der Waals surface area contributed by atoms with Crippen molar-refractivity contribution in [3.8, 4) is 5.69 Å². The Morgan fingerprint density at radius 1 is 1.00 bits per heavy atom. The highest BCUT2D eigenvalue weighted by Gasteiger charge is 2.23. The van der Waals surface area contributed by atoms with Gasteiger partial charge >= 0.3 is 5.97 Å². The second kappa shape index (κ2) is 7.82. The van der Waals surface area contributed by atoms with E-state index in [9.17, 15) is 28.3 Å². The third-order valence-corrected chi connectivity index (χ3v) is 5.47. The summed E-state index contributed by atoms with van der Waals surface area (Å²) in [4.78, 5) is 39.3. The number of piperazine rings is 1. The monoisotopic (exact) mass is 427 g/mol. The first-order chi connectivity index (χ1) is 14.8. The van der Waals surface area contributed by atoms with Gasteiger partial charge in [-0.2, -0.15) is 0 Å². The first-order valence-electron chi connectivity index (χ1n) is 9.65. The van der Waals surface area contributed by atoms with Crippen LogP contribution in [0, 0.1) is 11.6 Å². The summed E-state index contributed by atoms with van der Waals surface area (Å²) < 4.78 is 29.8. The Labute approximate surface area is 175 Å². The Bertz CT molecular complexity index is 1250. The van der Waals surface area contributed by atoms with Crippen LogP contribution >= 0.6 is 0 Å². The fourth-order valence-corrected chi connectivity index (χ4v) is 3.81. The molecule has 2 aromatic carbocycles. The van der Waals surface area contributed by atoms with Gasteiger partial charge in [-0.15, -0.1) is 0 Å². The number of pyridine rings is 1. The number of aromatic nitrogens is 1. The Morgan fingerprint density at radius 2 is 1.65 bits per heavy atom. The lowest BCUT2D eigenvalue weighted by Crippen LogP contribution is -2.48. The minimum absolute atomic E-state index is 0.0509. The lowest BCUT2D eigenvalue weighted by Gasteiger charge is -2.36. The number of halogens is 2. The van der Waals surface area contributed by atoms with E-state index in [1.165, 1.54) is 41.8 Å². The summed E-state index contributed by atoms with van der Waals surface area (Å²) in [5, 5.41) is 9.34. The molecular weight excluding hydrogens is 408 g/mol. The molecule has 0 radical (unpaired) electrons. The zero-order valence-electron chi connectivity index (χ0n) is 16.6. The SMILES string of the molecule is CC(=O)N1CCN(c2cc3c(cc2F)c(=O)c(C(=O)O)cn3-c2ccc(F)cc2)CC1. The number of nitrogens with zero attached hydrogens (tertiary/aromatic N) is 3. The van der Waals surface area contributed by atoms with E-state index in [1.807, 2.05) is 0 Å². The van der Waals surface area contributed by atoms with E-state index in [1.54, 1.807) is 9.80 Å². The summed E-state index contributed by atoms with van der Waals surface area (Å²) >= 11 is 0. The molecule has 1 N–H and O–H groups in total. The number of carboxylic acids is 1. The predicted molar refractivity (Wildman–Crippen MR) is 111 cm³/mol. The highest BCUT2D eigenvalue weighted by atomic mass is 19.1. The zero-order valence-corrected chi connectivity index (χ0v) is 16.6. The van der Waals surface area contributed by atoms with Crippen LogP contribution in [0.2, 0.25) is 0 Å². The van der Waals surface area contributed by atoms with Gasteiger partial charge in [0.25, 0.3) is 0 Å². The molecule has 0 saturated carbocycles. The van der Waals surface area contributed by atoms with Gasteiger partial charge in [-0.1, -0.05) is 0 Å². The number of hydrogen-bond acceptors (Lipinski definition) is 4. The van der Waals surface area contributed by atoms with Crippen LogP contribution in [0.1, 0.15) is 17.3 Å². The van der Waals surface area contributed by atoms with Crippen molar-refractivity contribution < 1.29 is 23.5 Å².